The van der Waals surface area contributed by atoms with Crippen LogP contribution in [0.15, 0.2) is 42.1 Å². The summed E-state index contributed by atoms with van der Waals surface area (Å²) in [5, 5.41) is 1.05. The molecule has 0 aliphatic rings. The number of carbonyl (C=O) groups excluding carboxylic acids is 1. The molecule has 2 aromatic carbocycles. The lowest BCUT2D eigenvalue weighted by Crippen LogP contribution is -2.04. The van der Waals surface area contributed by atoms with Gasteiger partial charge in [0.05, 0.1) is 34.0 Å². The molecule has 29 heavy (non-hydrogen) atoms. The van der Waals surface area contributed by atoms with E-state index < -0.39 is 0 Å². The van der Waals surface area contributed by atoms with Gasteiger partial charge in [-0.25, -0.2) is 0 Å². The number of nitrogens with zero attached hydrogens (tertiary/aromatic N) is 1. The van der Waals surface area contributed by atoms with Gasteiger partial charge in [-0.1, -0.05) is 0 Å². The van der Waals surface area contributed by atoms with Crippen molar-refractivity contribution in [2.75, 3.05) is 28.4 Å². The molecule has 0 aliphatic carbocycles. The van der Waals surface area contributed by atoms with Gasteiger partial charge in [-0.05, 0) is 42.8 Å². The van der Waals surface area contributed by atoms with Crippen LogP contribution in [-0.2, 0) is 7.05 Å². The molecule has 0 bridgehead atoms. The van der Waals surface area contributed by atoms with Crippen LogP contribution in [0.4, 0.5) is 0 Å². The number of fused-ring (bicyclic) bond motifs is 1. The number of ether oxygens (including phenoxy) is 4. The van der Waals surface area contributed by atoms with Gasteiger partial charge in [0.1, 0.15) is 5.75 Å². The zero-order valence-electron chi connectivity index (χ0n) is 17.5. The summed E-state index contributed by atoms with van der Waals surface area (Å²) >= 11 is 0. The van der Waals surface area contributed by atoms with E-state index in [1.54, 1.807) is 26.2 Å². The summed E-state index contributed by atoms with van der Waals surface area (Å²) in [4.78, 5) is 13.1. The monoisotopic (exact) mass is 395 g/mol. The van der Waals surface area contributed by atoms with Crippen molar-refractivity contribution in [2.45, 2.75) is 6.92 Å². The fourth-order valence-electron chi connectivity index (χ4n) is 3.38. The highest BCUT2D eigenvalue weighted by Crippen LogP contribution is 2.39. The Bertz CT molecular complexity index is 1070. The van der Waals surface area contributed by atoms with Crippen LogP contribution in [-0.4, -0.2) is 38.8 Å². The molecule has 6 nitrogen and oxygen atoms in total. The third-order valence-electron chi connectivity index (χ3n) is 4.89. The molecule has 0 radical (unpaired) electrons. The van der Waals surface area contributed by atoms with E-state index in [-0.39, 0.29) is 5.78 Å². The highest BCUT2D eigenvalue weighted by atomic mass is 16.5. The first kappa shape index (κ1) is 20.3. The number of hydrogen-bond acceptors (Lipinski definition) is 5. The number of methoxy groups -OCH3 is 4. The molecule has 0 N–H and O–H groups in total. The van der Waals surface area contributed by atoms with Gasteiger partial charge in [-0.15, -0.1) is 0 Å². The van der Waals surface area contributed by atoms with Crippen LogP contribution < -0.4 is 18.9 Å². The summed E-state index contributed by atoms with van der Waals surface area (Å²) in [5.41, 5.74) is 3.06. The zero-order valence-corrected chi connectivity index (χ0v) is 17.5. The number of aromatic nitrogens is 1. The lowest BCUT2D eigenvalue weighted by molar-refractivity contribution is 0.103. The highest BCUT2D eigenvalue weighted by molar-refractivity contribution is 6.12. The Hall–Kier alpha value is -3.41. The van der Waals surface area contributed by atoms with Crippen molar-refractivity contribution in [2.24, 2.45) is 7.05 Å². The molecular weight excluding hydrogens is 370 g/mol. The smallest absolute Gasteiger partial charge is 0.203 e. The van der Waals surface area contributed by atoms with E-state index in [2.05, 4.69) is 0 Å². The van der Waals surface area contributed by atoms with Crippen molar-refractivity contribution in [1.29, 1.82) is 0 Å². The van der Waals surface area contributed by atoms with Crippen LogP contribution in [0.2, 0.25) is 0 Å². The lowest BCUT2D eigenvalue weighted by atomic mass is 10.0. The molecule has 0 atom stereocenters. The topological polar surface area (TPSA) is 58.9 Å². The summed E-state index contributed by atoms with van der Waals surface area (Å²) < 4.78 is 23.4. The molecule has 0 saturated heterocycles. The van der Waals surface area contributed by atoms with E-state index in [4.69, 9.17) is 18.9 Å². The number of benzene rings is 2. The first-order valence-corrected chi connectivity index (χ1v) is 9.09. The number of hydrogen-bond donors (Lipinski definition) is 0. The van der Waals surface area contributed by atoms with Crippen molar-refractivity contribution in [3.05, 3.63) is 53.2 Å². The van der Waals surface area contributed by atoms with Gasteiger partial charge in [0.15, 0.2) is 17.3 Å². The summed E-state index contributed by atoms with van der Waals surface area (Å²) in [5.74, 6) is 2.02. The van der Waals surface area contributed by atoms with Gasteiger partial charge in [-0.3, -0.25) is 4.79 Å². The predicted molar refractivity (Wildman–Crippen MR) is 114 cm³/mol. The van der Waals surface area contributed by atoms with Crippen LogP contribution in [0.25, 0.3) is 17.0 Å². The Morgan fingerprint density at radius 3 is 2.14 bits per heavy atom. The van der Waals surface area contributed by atoms with Crippen LogP contribution in [0, 0.1) is 0 Å². The Kier molecular flexibility index (Phi) is 5.82. The first-order chi connectivity index (χ1) is 13.9. The minimum absolute atomic E-state index is 0.116. The van der Waals surface area contributed by atoms with E-state index in [0.29, 0.717) is 28.4 Å². The minimum atomic E-state index is -0.116. The van der Waals surface area contributed by atoms with Gasteiger partial charge in [0.25, 0.3) is 0 Å². The van der Waals surface area contributed by atoms with E-state index in [1.165, 1.54) is 21.3 Å². The number of ketones is 1. The van der Waals surface area contributed by atoms with Gasteiger partial charge >= 0.3 is 0 Å². The van der Waals surface area contributed by atoms with Gasteiger partial charge in [0, 0.05) is 35.8 Å². The van der Waals surface area contributed by atoms with Crippen molar-refractivity contribution < 1.29 is 23.7 Å². The summed E-state index contributed by atoms with van der Waals surface area (Å²) in [6, 6.07) is 9.21. The number of aryl methyl sites for hydroxylation is 1. The molecule has 1 aromatic heterocycles. The van der Waals surface area contributed by atoms with Crippen molar-refractivity contribution in [3.63, 3.8) is 0 Å². The zero-order chi connectivity index (χ0) is 21.1. The summed E-state index contributed by atoms with van der Waals surface area (Å²) in [6.45, 7) is 1.80. The van der Waals surface area contributed by atoms with E-state index in [0.717, 1.165) is 22.2 Å². The second-order valence-corrected chi connectivity index (χ2v) is 6.65. The van der Waals surface area contributed by atoms with Gasteiger partial charge < -0.3 is 23.5 Å². The molecule has 0 unspecified atom stereocenters. The maximum atomic E-state index is 13.1. The maximum absolute atomic E-state index is 13.1. The third kappa shape index (κ3) is 3.78. The van der Waals surface area contributed by atoms with Crippen LogP contribution in [0.5, 0.6) is 23.0 Å². The Morgan fingerprint density at radius 1 is 0.931 bits per heavy atom. The minimum Gasteiger partial charge on any atom is -0.497 e. The SMILES string of the molecule is COc1ccc2c(/C=C(\C)C(=O)c3cc(OC)c(OC)c(OC)c3)cn(C)c2c1. The Balaban J connectivity index is 2.03. The average molecular weight is 395 g/mol. The largest absolute Gasteiger partial charge is 0.497 e. The van der Waals surface area contributed by atoms with E-state index in [1.807, 2.05) is 42.1 Å². The van der Waals surface area contributed by atoms with Crippen molar-refractivity contribution in [3.8, 4) is 23.0 Å². The van der Waals surface area contributed by atoms with Crippen LogP contribution >= 0.6 is 0 Å². The van der Waals surface area contributed by atoms with E-state index in [9.17, 15) is 4.79 Å². The number of Topliss-reactive ketones (excluding diaryl/α,β-unsaturated/α-hetero) is 1. The van der Waals surface area contributed by atoms with Crippen molar-refractivity contribution in [1.82, 2.24) is 4.57 Å². The summed E-state index contributed by atoms with van der Waals surface area (Å²) in [6.07, 6.45) is 3.89. The number of allylic oxidation sites excluding steroid dienone is 1. The Morgan fingerprint density at radius 2 is 1.59 bits per heavy atom. The van der Waals surface area contributed by atoms with Crippen molar-refractivity contribution >= 4 is 22.8 Å². The molecule has 0 aliphatic heterocycles. The fraction of sp³-hybridized carbons (Fsp3) is 0.261. The van der Waals surface area contributed by atoms with Gasteiger partial charge in [0.2, 0.25) is 5.75 Å². The fourth-order valence-corrected chi connectivity index (χ4v) is 3.38. The lowest BCUT2D eigenvalue weighted by Gasteiger charge is -2.13. The average Bonchev–Trinajstić information content (AvgIpc) is 3.06. The Labute approximate surface area is 170 Å². The first-order valence-electron chi connectivity index (χ1n) is 9.09. The van der Waals surface area contributed by atoms with Crippen LogP contribution in [0.1, 0.15) is 22.8 Å². The molecule has 1 heterocycles. The molecule has 0 amide bonds. The standard InChI is InChI=1S/C23H25NO5/c1-14(9-16-13-24(2)19-12-17(26-3)7-8-18(16)19)22(25)15-10-20(27-4)23(29-6)21(11-15)28-5/h7-13H,1-6H3/b14-9+. The molecule has 0 saturated carbocycles. The number of rotatable bonds is 7. The molecule has 0 fully saturated rings. The second-order valence-electron chi connectivity index (χ2n) is 6.65. The maximum Gasteiger partial charge on any atom is 0.203 e. The highest BCUT2D eigenvalue weighted by Gasteiger charge is 2.18. The molecule has 3 aromatic rings. The molecule has 6 heteroatoms. The molecule has 3 rings (SSSR count). The van der Waals surface area contributed by atoms with Crippen LogP contribution in [0.3, 0.4) is 0 Å². The molecule has 152 valence electrons. The quantitative estimate of drug-likeness (QED) is 0.435. The predicted octanol–water partition coefficient (Wildman–Crippen LogP) is 4.50. The molecule has 0 spiro atoms. The normalized spacial score (nSPS) is 11.4. The summed E-state index contributed by atoms with van der Waals surface area (Å²) in [7, 11) is 8.19. The molecular formula is C23H25NO5. The number of carbonyl (C=O) groups is 1. The van der Waals surface area contributed by atoms with E-state index >= 15 is 0 Å². The van der Waals surface area contributed by atoms with Gasteiger partial charge in [-0.2, -0.15) is 0 Å². The third-order valence-corrected chi connectivity index (χ3v) is 4.89. The second kappa shape index (κ2) is 8.31.